The molecule has 0 spiro atoms. The molecule has 1 aliphatic carbocycles. The van der Waals surface area contributed by atoms with Crippen molar-refractivity contribution in [3.05, 3.63) is 95.0 Å². The number of ketones is 1. The summed E-state index contributed by atoms with van der Waals surface area (Å²) in [5, 5.41) is 16.9. The standard InChI is InChI=1S/C37H37N2O.C15H28O2.Ir/c1-21-38-32(24-17-22-11-9-10-12-25(22)28(19-24)35(2,3)4)31-26-14-13-23-18-29-30(37(7,8)16-15-36(29,5)6)20-27(23)33(26)40-34(31)39-21;1-7-14(5,8-2)12(16)11-13(17)15(6,9-3)10-4;/h9-14,18-20H,15-16H2,1-8H3;11,16H,7-10H2,1-6H3;/q-1;;/b;12-11-;. The SMILES string of the molecule is CCC(C)(CC)C(=O)/C=C(\O)C(C)(CC)CC.Cc1nc(-c2[c-]c3ccccc3c(C(C)(C)C)c2)c2c(n1)oc1c3cc4c(cc3ccc12)C(C)(C)CCC4(C)C.[Ir]. The van der Waals surface area contributed by atoms with Crippen molar-refractivity contribution < 1.29 is 34.4 Å². The molecule has 1 radical (unpaired) electrons. The van der Waals surface area contributed by atoms with E-state index in [1.807, 2.05) is 48.5 Å². The number of carbonyl (C=O) groups excluding carboxylic acids is 1. The number of hydrogen-bond acceptors (Lipinski definition) is 5. The second-order valence-electron chi connectivity index (χ2n) is 19.6. The van der Waals surface area contributed by atoms with Crippen molar-refractivity contribution in [3.63, 3.8) is 0 Å². The van der Waals surface area contributed by atoms with Crippen molar-refractivity contribution in [2.75, 3.05) is 0 Å². The summed E-state index contributed by atoms with van der Waals surface area (Å²) < 4.78 is 6.64. The topological polar surface area (TPSA) is 76.2 Å². The maximum Gasteiger partial charge on any atom is 0.223 e. The molecule has 6 aromatic rings. The summed E-state index contributed by atoms with van der Waals surface area (Å²) in [4.78, 5) is 22.0. The van der Waals surface area contributed by atoms with E-state index in [1.165, 1.54) is 46.4 Å². The number of aliphatic hydroxyl groups excluding tert-OH is 1. The number of carbonyl (C=O) groups is 1. The molecule has 7 rings (SSSR count). The average Bonchev–Trinajstić information content (AvgIpc) is 3.56. The normalized spacial score (nSPS) is 15.6. The third-order valence-corrected chi connectivity index (χ3v) is 13.8. The van der Waals surface area contributed by atoms with Gasteiger partial charge in [0.05, 0.1) is 0 Å². The molecular formula is C52H65IrN2O3-. The molecule has 0 amide bonds. The van der Waals surface area contributed by atoms with Crippen LogP contribution in [0, 0.1) is 23.8 Å². The molecule has 311 valence electrons. The van der Waals surface area contributed by atoms with Crippen LogP contribution < -0.4 is 0 Å². The Bertz CT molecular complexity index is 2520. The average molecular weight is 958 g/mol. The second-order valence-corrected chi connectivity index (χ2v) is 19.6. The summed E-state index contributed by atoms with van der Waals surface area (Å²) in [6.07, 6.45) is 7.13. The first-order chi connectivity index (χ1) is 26.6. The van der Waals surface area contributed by atoms with Crippen molar-refractivity contribution in [1.29, 1.82) is 0 Å². The van der Waals surface area contributed by atoms with E-state index >= 15 is 0 Å². The molecule has 0 atom stereocenters. The minimum Gasteiger partial charge on any atom is -0.512 e. The van der Waals surface area contributed by atoms with E-state index < -0.39 is 0 Å². The molecule has 1 N–H and O–H groups in total. The van der Waals surface area contributed by atoms with Crippen molar-refractivity contribution in [1.82, 2.24) is 9.97 Å². The van der Waals surface area contributed by atoms with E-state index in [0.717, 1.165) is 64.1 Å². The first kappa shape index (κ1) is 45.2. The van der Waals surface area contributed by atoms with Gasteiger partial charge < -0.3 is 9.52 Å². The Balaban J connectivity index is 0.000000304. The maximum atomic E-state index is 12.2. The molecule has 0 aliphatic heterocycles. The van der Waals surface area contributed by atoms with E-state index in [0.29, 0.717) is 11.5 Å². The Labute approximate surface area is 360 Å². The Morgan fingerprint density at radius 3 is 1.97 bits per heavy atom. The van der Waals surface area contributed by atoms with Crippen LogP contribution in [0.4, 0.5) is 0 Å². The molecule has 2 heterocycles. The van der Waals surface area contributed by atoms with Gasteiger partial charge >= 0.3 is 0 Å². The number of rotatable bonds is 8. The van der Waals surface area contributed by atoms with Crippen molar-refractivity contribution in [2.45, 2.75) is 152 Å². The van der Waals surface area contributed by atoms with Gasteiger partial charge in [0.15, 0.2) is 5.78 Å². The summed E-state index contributed by atoms with van der Waals surface area (Å²) in [6.45, 7) is 30.3. The molecule has 0 saturated carbocycles. The summed E-state index contributed by atoms with van der Waals surface area (Å²) in [6, 6.07) is 23.7. The summed E-state index contributed by atoms with van der Waals surface area (Å²) in [5.41, 5.74) is 7.24. The molecule has 2 aromatic heterocycles. The van der Waals surface area contributed by atoms with Gasteiger partial charge in [-0.15, -0.1) is 29.1 Å². The van der Waals surface area contributed by atoms with Gasteiger partial charge in [0.2, 0.25) is 5.71 Å². The fourth-order valence-electron chi connectivity index (χ4n) is 8.48. The molecule has 58 heavy (non-hydrogen) atoms. The Morgan fingerprint density at radius 2 is 1.38 bits per heavy atom. The van der Waals surface area contributed by atoms with E-state index in [9.17, 15) is 9.90 Å². The molecule has 0 saturated heterocycles. The zero-order valence-electron chi connectivity index (χ0n) is 37.5. The van der Waals surface area contributed by atoms with Crippen LogP contribution in [0.2, 0.25) is 0 Å². The zero-order chi connectivity index (χ0) is 41.9. The third kappa shape index (κ3) is 8.18. The van der Waals surface area contributed by atoms with Gasteiger partial charge in [-0.25, -0.2) is 0 Å². The van der Waals surface area contributed by atoms with Crippen molar-refractivity contribution in [3.8, 4) is 11.3 Å². The van der Waals surface area contributed by atoms with E-state index in [-0.39, 0.29) is 58.7 Å². The fourth-order valence-corrected chi connectivity index (χ4v) is 8.48. The number of aromatic nitrogens is 2. The van der Waals surface area contributed by atoms with Crippen molar-refractivity contribution in [2.24, 2.45) is 10.8 Å². The molecule has 6 heteroatoms. The number of aliphatic hydroxyl groups is 1. The number of aryl methyl sites for hydroxylation is 1. The largest absolute Gasteiger partial charge is 0.512 e. The van der Waals surface area contributed by atoms with Gasteiger partial charge in [-0.1, -0.05) is 137 Å². The molecule has 1 aliphatic rings. The van der Waals surface area contributed by atoms with Gasteiger partial charge in [-0.05, 0) is 84.3 Å². The zero-order valence-corrected chi connectivity index (χ0v) is 39.9. The number of benzene rings is 4. The van der Waals surface area contributed by atoms with Crippen molar-refractivity contribution >= 4 is 49.4 Å². The van der Waals surface area contributed by atoms with Gasteiger partial charge in [-0.2, -0.15) is 4.98 Å². The van der Waals surface area contributed by atoms with Gasteiger partial charge in [0, 0.05) is 58.9 Å². The van der Waals surface area contributed by atoms with Crippen LogP contribution in [0.1, 0.15) is 151 Å². The van der Waals surface area contributed by atoms with Crippen LogP contribution in [0.3, 0.4) is 0 Å². The number of nitrogens with zero attached hydrogens (tertiary/aromatic N) is 2. The van der Waals surface area contributed by atoms with Crippen LogP contribution in [-0.2, 0) is 41.1 Å². The predicted molar refractivity (Wildman–Crippen MR) is 240 cm³/mol. The Kier molecular flexibility index (Phi) is 12.7. The van der Waals surface area contributed by atoms with Crippen LogP contribution in [-0.4, -0.2) is 20.9 Å². The van der Waals surface area contributed by atoms with E-state index in [2.05, 4.69) is 109 Å². The summed E-state index contributed by atoms with van der Waals surface area (Å²) in [7, 11) is 0. The van der Waals surface area contributed by atoms with Crippen LogP contribution in [0.25, 0.3) is 54.9 Å². The number of hydrogen-bond donors (Lipinski definition) is 1. The summed E-state index contributed by atoms with van der Waals surface area (Å²) in [5.74, 6) is 0.985. The first-order valence-corrected chi connectivity index (χ1v) is 21.2. The number of furan rings is 1. The molecular weight excluding hydrogens is 893 g/mol. The van der Waals surface area contributed by atoms with E-state index in [1.54, 1.807) is 0 Å². The molecule has 4 aromatic carbocycles. The van der Waals surface area contributed by atoms with Gasteiger partial charge in [0.25, 0.3) is 0 Å². The number of fused-ring (bicyclic) bond motifs is 7. The smallest absolute Gasteiger partial charge is 0.223 e. The second kappa shape index (κ2) is 16.3. The third-order valence-electron chi connectivity index (χ3n) is 13.8. The number of allylic oxidation sites excluding steroid dienone is 2. The van der Waals surface area contributed by atoms with E-state index in [4.69, 9.17) is 14.4 Å². The van der Waals surface area contributed by atoms with Crippen LogP contribution >= 0.6 is 0 Å². The predicted octanol–water partition coefficient (Wildman–Crippen LogP) is 14.8. The molecule has 0 fully saturated rings. The summed E-state index contributed by atoms with van der Waals surface area (Å²) >= 11 is 0. The molecule has 0 unspecified atom stereocenters. The fraction of sp³-hybridized carbons (Fsp3) is 0.481. The minimum absolute atomic E-state index is 0. The Morgan fingerprint density at radius 1 is 0.793 bits per heavy atom. The van der Waals surface area contributed by atoms with Crippen LogP contribution in [0.5, 0.6) is 0 Å². The molecule has 0 bridgehead atoms. The van der Waals surface area contributed by atoms with Gasteiger partial charge in [-0.3, -0.25) is 9.78 Å². The molecule has 5 nitrogen and oxygen atoms in total. The monoisotopic (exact) mass is 958 g/mol. The van der Waals surface area contributed by atoms with Gasteiger partial charge in [0.1, 0.15) is 17.2 Å². The first-order valence-electron chi connectivity index (χ1n) is 21.2. The maximum absolute atomic E-state index is 12.2. The quantitative estimate of drug-likeness (QED) is 0.0934. The Hall–Kier alpha value is -3.86. The minimum atomic E-state index is -0.337. The van der Waals surface area contributed by atoms with Crippen LogP contribution in [0.15, 0.2) is 70.8 Å².